The highest BCUT2D eigenvalue weighted by molar-refractivity contribution is 5.75. The molecule has 0 bridgehead atoms. The predicted octanol–water partition coefficient (Wildman–Crippen LogP) is 2.80. The van der Waals surface area contributed by atoms with E-state index in [0.717, 1.165) is 23.3 Å². The van der Waals surface area contributed by atoms with E-state index in [1.165, 1.54) is 0 Å². The van der Waals surface area contributed by atoms with Crippen LogP contribution >= 0.6 is 0 Å². The second-order valence-corrected chi connectivity index (χ2v) is 6.01. The van der Waals surface area contributed by atoms with E-state index in [0.29, 0.717) is 18.9 Å². The molecular weight excluding hydrogens is 304 g/mol. The Hall–Kier alpha value is -2.69. The van der Waals surface area contributed by atoms with Gasteiger partial charge in [0, 0.05) is 18.5 Å². The SMILES string of the molecule is COc1ccccc1[C@@H]1C[C@@H]1NC(=O)NCCc1cccc(O)c1. The summed E-state index contributed by atoms with van der Waals surface area (Å²) < 4.78 is 5.37. The topological polar surface area (TPSA) is 70.6 Å². The molecule has 2 aromatic rings. The Morgan fingerprint density at radius 1 is 1.25 bits per heavy atom. The number of carbonyl (C=O) groups is 1. The van der Waals surface area contributed by atoms with Gasteiger partial charge in [-0.25, -0.2) is 4.79 Å². The van der Waals surface area contributed by atoms with Crippen LogP contribution in [0.1, 0.15) is 23.5 Å². The van der Waals surface area contributed by atoms with Crippen molar-refractivity contribution in [3.63, 3.8) is 0 Å². The number of aromatic hydroxyl groups is 1. The van der Waals surface area contributed by atoms with Crippen molar-refractivity contribution < 1.29 is 14.6 Å². The van der Waals surface area contributed by atoms with Crippen LogP contribution in [-0.2, 0) is 6.42 Å². The lowest BCUT2D eigenvalue weighted by molar-refractivity contribution is 0.240. The number of amides is 2. The third-order valence-corrected chi connectivity index (χ3v) is 4.26. The Morgan fingerprint density at radius 3 is 2.88 bits per heavy atom. The van der Waals surface area contributed by atoms with E-state index in [-0.39, 0.29) is 17.8 Å². The summed E-state index contributed by atoms with van der Waals surface area (Å²) in [5.41, 5.74) is 2.14. The van der Waals surface area contributed by atoms with Crippen molar-refractivity contribution in [2.45, 2.75) is 24.8 Å². The van der Waals surface area contributed by atoms with Crippen LogP contribution in [0.4, 0.5) is 4.79 Å². The molecule has 5 nitrogen and oxygen atoms in total. The highest BCUT2D eigenvalue weighted by Crippen LogP contribution is 2.44. The molecule has 2 aromatic carbocycles. The minimum Gasteiger partial charge on any atom is -0.508 e. The molecule has 0 heterocycles. The second-order valence-electron chi connectivity index (χ2n) is 6.01. The molecule has 3 rings (SSSR count). The fourth-order valence-corrected chi connectivity index (χ4v) is 2.92. The van der Waals surface area contributed by atoms with Gasteiger partial charge in [-0.15, -0.1) is 0 Å². The van der Waals surface area contributed by atoms with E-state index < -0.39 is 0 Å². The van der Waals surface area contributed by atoms with Crippen molar-refractivity contribution in [1.29, 1.82) is 0 Å². The number of hydrogen-bond donors (Lipinski definition) is 3. The number of para-hydroxylation sites is 1. The molecule has 2 amide bonds. The molecule has 2 atom stereocenters. The molecule has 3 N–H and O–H groups in total. The Morgan fingerprint density at radius 2 is 2.08 bits per heavy atom. The number of phenols is 1. The second kappa shape index (κ2) is 7.25. The van der Waals surface area contributed by atoms with Crippen molar-refractivity contribution in [2.24, 2.45) is 0 Å². The lowest BCUT2D eigenvalue weighted by atomic mass is 10.1. The lowest BCUT2D eigenvalue weighted by Crippen LogP contribution is -2.38. The zero-order chi connectivity index (χ0) is 16.9. The minimum atomic E-state index is -0.155. The van der Waals surface area contributed by atoms with Crippen molar-refractivity contribution >= 4 is 6.03 Å². The number of rotatable bonds is 6. The highest BCUT2D eigenvalue weighted by Gasteiger charge is 2.41. The number of phenolic OH excluding ortho intramolecular Hbond substituents is 1. The molecule has 126 valence electrons. The summed E-state index contributed by atoms with van der Waals surface area (Å²) in [4.78, 5) is 12.0. The van der Waals surface area contributed by atoms with E-state index in [9.17, 15) is 9.90 Å². The van der Waals surface area contributed by atoms with Crippen molar-refractivity contribution in [1.82, 2.24) is 10.6 Å². The standard InChI is InChI=1S/C19H22N2O3/c1-24-18-8-3-2-7-15(18)16-12-17(16)21-19(23)20-10-9-13-5-4-6-14(22)11-13/h2-8,11,16-17,22H,9-10,12H2,1H3,(H2,20,21,23)/t16-,17-/m0/s1. The van der Waals surface area contributed by atoms with Crippen LogP contribution in [0.5, 0.6) is 11.5 Å². The number of nitrogens with one attached hydrogen (secondary N) is 2. The van der Waals surface area contributed by atoms with Gasteiger partial charge in [-0.2, -0.15) is 0 Å². The minimum absolute atomic E-state index is 0.155. The fourth-order valence-electron chi connectivity index (χ4n) is 2.92. The van der Waals surface area contributed by atoms with Crippen LogP contribution in [0.3, 0.4) is 0 Å². The van der Waals surface area contributed by atoms with Gasteiger partial charge in [0.25, 0.3) is 0 Å². The maximum absolute atomic E-state index is 12.0. The molecule has 1 saturated carbocycles. The van der Waals surface area contributed by atoms with Crippen molar-refractivity contribution in [2.75, 3.05) is 13.7 Å². The van der Waals surface area contributed by atoms with Gasteiger partial charge in [-0.3, -0.25) is 0 Å². The zero-order valence-corrected chi connectivity index (χ0v) is 13.7. The Kier molecular flexibility index (Phi) is 4.89. The van der Waals surface area contributed by atoms with Crippen LogP contribution in [0.2, 0.25) is 0 Å². The maximum Gasteiger partial charge on any atom is 0.315 e. The first kappa shape index (κ1) is 16.2. The number of benzene rings is 2. The average Bonchev–Trinajstić information content (AvgIpc) is 3.33. The van der Waals surface area contributed by atoms with Crippen LogP contribution in [-0.4, -0.2) is 30.8 Å². The molecule has 0 spiro atoms. The van der Waals surface area contributed by atoms with Crippen LogP contribution < -0.4 is 15.4 Å². The Labute approximate surface area is 141 Å². The molecule has 5 heteroatoms. The summed E-state index contributed by atoms with van der Waals surface area (Å²) in [6.07, 6.45) is 1.61. The van der Waals surface area contributed by atoms with Gasteiger partial charge in [-0.05, 0) is 42.2 Å². The van der Waals surface area contributed by atoms with Crippen LogP contribution in [0, 0.1) is 0 Å². The summed E-state index contributed by atoms with van der Waals surface area (Å²) in [6, 6.07) is 15.0. The summed E-state index contributed by atoms with van der Waals surface area (Å²) in [6.45, 7) is 0.529. The quantitative estimate of drug-likeness (QED) is 0.764. The van der Waals surface area contributed by atoms with Gasteiger partial charge in [-0.1, -0.05) is 30.3 Å². The van der Waals surface area contributed by atoms with Gasteiger partial charge in [0.2, 0.25) is 0 Å². The summed E-state index contributed by atoms with van der Waals surface area (Å²) in [5, 5.41) is 15.3. The third kappa shape index (κ3) is 3.98. The zero-order valence-electron chi connectivity index (χ0n) is 13.7. The smallest absolute Gasteiger partial charge is 0.315 e. The molecule has 0 saturated heterocycles. The summed E-state index contributed by atoms with van der Waals surface area (Å²) in [5.74, 6) is 1.43. The van der Waals surface area contributed by atoms with Crippen molar-refractivity contribution in [3.05, 3.63) is 59.7 Å². The Balaban J connectivity index is 1.43. The fraction of sp³-hybridized carbons (Fsp3) is 0.316. The number of hydrogen-bond acceptors (Lipinski definition) is 3. The van der Waals surface area contributed by atoms with E-state index in [1.807, 2.05) is 30.3 Å². The normalized spacial score (nSPS) is 18.7. The van der Waals surface area contributed by atoms with Gasteiger partial charge in [0.15, 0.2) is 0 Å². The van der Waals surface area contributed by atoms with E-state index >= 15 is 0 Å². The predicted molar refractivity (Wildman–Crippen MR) is 92.5 cm³/mol. The van der Waals surface area contributed by atoms with Gasteiger partial charge < -0.3 is 20.5 Å². The third-order valence-electron chi connectivity index (χ3n) is 4.26. The molecule has 0 radical (unpaired) electrons. The first-order valence-electron chi connectivity index (χ1n) is 8.12. The number of carbonyl (C=O) groups excluding carboxylic acids is 1. The van der Waals surface area contributed by atoms with Crippen molar-refractivity contribution in [3.8, 4) is 11.5 Å². The van der Waals surface area contributed by atoms with E-state index in [2.05, 4.69) is 10.6 Å². The monoisotopic (exact) mass is 326 g/mol. The summed E-state index contributed by atoms with van der Waals surface area (Å²) >= 11 is 0. The Bertz CT molecular complexity index is 717. The van der Waals surface area contributed by atoms with Gasteiger partial charge >= 0.3 is 6.03 Å². The van der Waals surface area contributed by atoms with Crippen LogP contribution in [0.25, 0.3) is 0 Å². The van der Waals surface area contributed by atoms with E-state index in [4.69, 9.17) is 4.74 Å². The molecule has 0 unspecified atom stereocenters. The lowest BCUT2D eigenvalue weighted by Gasteiger charge is -2.09. The maximum atomic E-state index is 12.0. The molecule has 1 aliphatic carbocycles. The largest absolute Gasteiger partial charge is 0.508 e. The molecular formula is C19H22N2O3. The molecule has 1 fully saturated rings. The van der Waals surface area contributed by atoms with Gasteiger partial charge in [0.05, 0.1) is 7.11 Å². The number of methoxy groups -OCH3 is 1. The number of ether oxygens (including phenoxy) is 1. The molecule has 24 heavy (non-hydrogen) atoms. The number of urea groups is 1. The molecule has 0 aromatic heterocycles. The van der Waals surface area contributed by atoms with Crippen LogP contribution in [0.15, 0.2) is 48.5 Å². The van der Waals surface area contributed by atoms with Gasteiger partial charge in [0.1, 0.15) is 11.5 Å². The highest BCUT2D eigenvalue weighted by atomic mass is 16.5. The molecule has 1 aliphatic rings. The summed E-state index contributed by atoms with van der Waals surface area (Å²) in [7, 11) is 1.66. The van der Waals surface area contributed by atoms with E-state index in [1.54, 1.807) is 25.3 Å². The first-order valence-corrected chi connectivity index (χ1v) is 8.12. The first-order chi connectivity index (χ1) is 11.7. The molecule has 0 aliphatic heterocycles. The average molecular weight is 326 g/mol.